The summed E-state index contributed by atoms with van der Waals surface area (Å²) in [5, 5.41) is 13.9. The van der Waals surface area contributed by atoms with Crippen molar-refractivity contribution >= 4 is 16.7 Å². The normalized spacial score (nSPS) is 11.7. The first-order valence-corrected chi connectivity index (χ1v) is 9.59. The second-order valence-corrected chi connectivity index (χ2v) is 6.82. The minimum absolute atomic E-state index is 0.851. The number of rotatable bonds is 7. The lowest BCUT2D eigenvalue weighted by molar-refractivity contribution is 0.555. The highest BCUT2D eigenvalue weighted by Crippen LogP contribution is 2.18. The van der Waals surface area contributed by atoms with Gasteiger partial charge in [-0.05, 0) is 49.1 Å². The maximum absolute atomic E-state index is 4.50. The van der Waals surface area contributed by atoms with Crippen LogP contribution in [0.4, 0.5) is 0 Å². The summed E-state index contributed by atoms with van der Waals surface area (Å²) < 4.78 is 2.06. The molecule has 5 nitrogen and oxygen atoms in total. The van der Waals surface area contributed by atoms with Gasteiger partial charge in [0.2, 0.25) is 0 Å². The van der Waals surface area contributed by atoms with E-state index in [9.17, 15) is 0 Å². The zero-order valence-corrected chi connectivity index (χ0v) is 16.5. The van der Waals surface area contributed by atoms with E-state index in [4.69, 9.17) is 0 Å². The van der Waals surface area contributed by atoms with Crippen molar-refractivity contribution in [3.63, 3.8) is 0 Å². The van der Waals surface area contributed by atoms with Gasteiger partial charge in [0.1, 0.15) is 0 Å². The van der Waals surface area contributed by atoms with E-state index in [1.165, 1.54) is 22.0 Å². The fourth-order valence-electron chi connectivity index (χ4n) is 3.38. The molecule has 0 unspecified atom stereocenters. The van der Waals surface area contributed by atoms with Crippen molar-refractivity contribution in [2.75, 3.05) is 20.1 Å². The fraction of sp³-hybridized carbons (Fsp3) is 0.364. The lowest BCUT2D eigenvalue weighted by Gasteiger charge is -2.13. The number of nitrogens with one attached hydrogen (secondary N) is 2. The summed E-state index contributed by atoms with van der Waals surface area (Å²) in [6, 6.07) is 17.1. The first kappa shape index (κ1) is 19.0. The molecule has 0 aliphatic rings. The van der Waals surface area contributed by atoms with Crippen LogP contribution in [0.2, 0.25) is 0 Å². The number of aromatic nitrogens is 2. The highest BCUT2D eigenvalue weighted by molar-refractivity contribution is 5.85. The molecule has 1 heterocycles. The Bertz CT molecular complexity index is 905. The average molecular weight is 364 g/mol. The smallest absolute Gasteiger partial charge is 0.190 e. The molecule has 0 fully saturated rings. The van der Waals surface area contributed by atoms with Crippen molar-refractivity contribution in [1.29, 1.82) is 0 Å². The Balaban J connectivity index is 1.43. The molecule has 0 radical (unpaired) electrons. The van der Waals surface area contributed by atoms with Crippen LogP contribution in [0.25, 0.3) is 10.8 Å². The third-order valence-electron chi connectivity index (χ3n) is 4.73. The van der Waals surface area contributed by atoms with E-state index in [0.29, 0.717) is 0 Å². The van der Waals surface area contributed by atoms with E-state index in [1.807, 2.05) is 14.0 Å². The van der Waals surface area contributed by atoms with Crippen LogP contribution >= 0.6 is 0 Å². The zero-order chi connectivity index (χ0) is 19.1. The number of aliphatic imine (C=N–C) groups is 1. The second kappa shape index (κ2) is 9.21. The van der Waals surface area contributed by atoms with Crippen LogP contribution in [0.3, 0.4) is 0 Å². The summed E-state index contributed by atoms with van der Waals surface area (Å²) in [6.07, 6.45) is 1.97. The second-order valence-electron chi connectivity index (χ2n) is 6.82. The number of hydrogen-bond donors (Lipinski definition) is 2. The van der Waals surface area contributed by atoms with E-state index < -0.39 is 0 Å². The first-order valence-electron chi connectivity index (χ1n) is 9.59. The molecule has 142 valence electrons. The summed E-state index contributed by atoms with van der Waals surface area (Å²) >= 11 is 0. The lowest BCUT2D eigenvalue weighted by atomic mass is 10.0. The number of aryl methyl sites for hydroxylation is 3. The van der Waals surface area contributed by atoms with Crippen molar-refractivity contribution in [3.05, 3.63) is 65.5 Å². The molecule has 5 heteroatoms. The average Bonchev–Trinajstić information content (AvgIpc) is 3.01. The SMILES string of the molecule is CN=C(NCCCn1nc(C)cc1C)NCCc1cccc2ccccc12. The van der Waals surface area contributed by atoms with Crippen LogP contribution in [0, 0.1) is 13.8 Å². The van der Waals surface area contributed by atoms with Crippen LogP contribution < -0.4 is 10.6 Å². The van der Waals surface area contributed by atoms with Crippen LogP contribution in [-0.4, -0.2) is 35.9 Å². The van der Waals surface area contributed by atoms with Gasteiger partial charge in [-0.25, -0.2) is 0 Å². The largest absolute Gasteiger partial charge is 0.356 e. The van der Waals surface area contributed by atoms with E-state index in [2.05, 4.69) is 80.9 Å². The Labute approximate surface area is 161 Å². The summed E-state index contributed by atoms with van der Waals surface area (Å²) in [7, 11) is 1.81. The molecule has 3 aromatic rings. The molecule has 3 rings (SSSR count). The molecular weight excluding hydrogens is 334 g/mol. The molecular formula is C22H29N5. The Hall–Kier alpha value is -2.82. The van der Waals surface area contributed by atoms with Gasteiger partial charge in [0.25, 0.3) is 0 Å². The van der Waals surface area contributed by atoms with Crippen molar-refractivity contribution in [2.24, 2.45) is 4.99 Å². The number of fused-ring (bicyclic) bond motifs is 1. The summed E-state index contributed by atoms with van der Waals surface area (Å²) in [5.74, 6) is 0.851. The Morgan fingerprint density at radius 1 is 1.04 bits per heavy atom. The minimum Gasteiger partial charge on any atom is -0.356 e. The Morgan fingerprint density at radius 3 is 2.59 bits per heavy atom. The molecule has 0 amide bonds. The molecule has 2 aromatic carbocycles. The number of benzene rings is 2. The van der Waals surface area contributed by atoms with Gasteiger partial charge >= 0.3 is 0 Å². The van der Waals surface area contributed by atoms with Gasteiger partial charge in [0.05, 0.1) is 5.69 Å². The molecule has 0 aliphatic heterocycles. The van der Waals surface area contributed by atoms with Gasteiger partial charge in [-0.15, -0.1) is 0 Å². The van der Waals surface area contributed by atoms with Gasteiger partial charge in [-0.3, -0.25) is 9.67 Å². The van der Waals surface area contributed by atoms with Crippen LogP contribution in [0.15, 0.2) is 53.5 Å². The number of guanidine groups is 1. The molecule has 27 heavy (non-hydrogen) atoms. The van der Waals surface area contributed by atoms with Crippen LogP contribution in [0.5, 0.6) is 0 Å². The van der Waals surface area contributed by atoms with Crippen LogP contribution in [0.1, 0.15) is 23.4 Å². The Morgan fingerprint density at radius 2 is 1.81 bits per heavy atom. The summed E-state index contributed by atoms with van der Waals surface area (Å²) in [5.41, 5.74) is 3.65. The minimum atomic E-state index is 0.851. The third kappa shape index (κ3) is 5.09. The van der Waals surface area contributed by atoms with Crippen molar-refractivity contribution in [2.45, 2.75) is 33.2 Å². The quantitative estimate of drug-likeness (QED) is 0.384. The van der Waals surface area contributed by atoms with Gasteiger partial charge in [-0.1, -0.05) is 42.5 Å². The van der Waals surface area contributed by atoms with Crippen molar-refractivity contribution in [1.82, 2.24) is 20.4 Å². The van der Waals surface area contributed by atoms with E-state index >= 15 is 0 Å². The van der Waals surface area contributed by atoms with Gasteiger partial charge in [0, 0.05) is 32.4 Å². The lowest BCUT2D eigenvalue weighted by Crippen LogP contribution is -2.39. The maximum Gasteiger partial charge on any atom is 0.190 e. The van der Waals surface area contributed by atoms with E-state index in [0.717, 1.165) is 44.1 Å². The number of nitrogens with zero attached hydrogens (tertiary/aromatic N) is 3. The van der Waals surface area contributed by atoms with Gasteiger partial charge in [0.15, 0.2) is 5.96 Å². The maximum atomic E-state index is 4.50. The molecule has 2 N–H and O–H groups in total. The zero-order valence-electron chi connectivity index (χ0n) is 16.5. The molecule has 0 bridgehead atoms. The third-order valence-corrected chi connectivity index (χ3v) is 4.73. The van der Waals surface area contributed by atoms with E-state index in [1.54, 1.807) is 0 Å². The first-order chi connectivity index (χ1) is 13.2. The van der Waals surface area contributed by atoms with Crippen molar-refractivity contribution in [3.8, 4) is 0 Å². The molecule has 0 aliphatic carbocycles. The molecule has 0 saturated carbocycles. The number of hydrogen-bond acceptors (Lipinski definition) is 2. The summed E-state index contributed by atoms with van der Waals surface area (Å²) in [4.78, 5) is 4.32. The highest BCUT2D eigenvalue weighted by Gasteiger charge is 2.03. The van der Waals surface area contributed by atoms with Gasteiger partial charge < -0.3 is 10.6 Å². The van der Waals surface area contributed by atoms with Crippen molar-refractivity contribution < 1.29 is 0 Å². The summed E-state index contributed by atoms with van der Waals surface area (Å²) in [6.45, 7) is 6.77. The standard InChI is InChI=1S/C22H29N5/c1-17-16-18(2)27(26-17)15-7-13-24-22(23-3)25-14-12-20-10-6-9-19-8-4-5-11-21(19)20/h4-6,8-11,16H,7,12-15H2,1-3H3,(H2,23,24,25). The monoisotopic (exact) mass is 363 g/mol. The topological polar surface area (TPSA) is 54.2 Å². The highest BCUT2D eigenvalue weighted by atomic mass is 15.3. The van der Waals surface area contributed by atoms with Gasteiger partial charge in [-0.2, -0.15) is 5.10 Å². The van der Waals surface area contributed by atoms with E-state index in [-0.39, 0.29) is 0 Å². The predicted octanol–water partition coefficient (Wildman–Crippen LogP) is 3.45. The molecule has 1 aromatic heterocycles. The fourth-order valence-corrected chi connectivity index (χ4v) is 3.38. The molecule has 0 atom stereocenters. The van der Waals surface area contributed by atoms with Crippen LogP contribution in [-0.2, 0) is 13.0 Å². The Kier molecular flexibility index (Phi) is 6.47. The molecule has 0 spiro atoms. The predicted molar refractivity (Wildman–Crippen MR) is 113 cm³/mol. The molecule has 0 saturated heterocycles.